The number of halogens is 2. The third kappa shape index (κ3) is 2.11. The average molecular weight is 291 g/mol. The number of para-hydroxylation sites is 2. The predicted octanol–water partition coefficient (Wildman–Crippen LogP) is 4.98. The van der Waals surface area contributed by atoms with E-state index < -0.39 is 0 Å². The summed E-state index contributed by atoms with van der Waals surface area (Å²) < 4.78 is 2.05. The van der Waals surface area contributed by atoms with Crippen molar-refractivity contribution in [3.05, 3.63) is 59.4 Å². The van der Waals surface area contributed by atoms with Crippen LogP contribution in [0.5, 0.6) is 0 Å². The molecule has 4 heteroatoms. The second-order valence-corrected chi connectivity index (χ2v) is 5.43. The molecule has 1 heterocycles. The molecule has 0 saturated carbocycles. The van der Waals surface area contributed by atoms with Crippen LogP contribution in [-0.4, -0.2) is 9.55 Å². The molecule has 0 amide bonds. The highest BCUT2D eigenvalue weighted by atomic mass is 35.5. The second kappa shape index (κ2) is 4.87. The molecule has 1 aromatic heterocycles. The van der Waals surface area contributed by atoms with Crippen molar-refractivity contribution in [2.24, 2.45) is 0 Å². The van der Waals surface area contributed by atoms with E-state index in [2.05, 4.69) is 9.55 Å². The Labute approximate surface area is 121 Å². The highest BCUT2D eigenvalue weighted by molar-refractivity contribution is 6.35. The van der Waals surface area contributed by atoms with E-state index in [0.29, 0.717) is 5.02 Å². The Bertz CT molecular complexity index is 718. The van der Waals surface area contributed by atoms with Crippen LogP contribution in [0.25, 0.3) is 16.7 Å². The Hall–Kier alpha value is -1.51. The molecule has 1 atom stereocenters. The van der Waals surface area contributed by atoms with Crippen molar-refractivity contribution in [2.75, 3.05) is 0 Å². The van der Waals surface area contributed by atoms with Gasteiger partial charge in [0, 0.05) is 5.69 Å². The van der Waals surface area contributed by atoms with Gasteiger partial charge in [-0.05, 0) is 31.2 Å². The molecule has 0 radical (unpaired) electrons. The van der Waals surface area contributed by atoms with Crippen molar-refractivity contribution in [3.63, 3.8) is 0 Å². The zero-order valence-electron chi connectivity index (χ0n) is 10.3. The number of fused-ring (bicyclic) bond motifs is 1. The van der Waals surface area contributed by atoms with Crippen LogP contribution in [0.2, 0.25) is 5.02 Å². The second-order valence-electron chi connectivity index (χ2n) is 4.36. The van der Waals surface area contributed by atoms with Gasteiger partial charge in [0.05, 0.1) is 15.9 Å². The first kappa shape index (κ1) is 12.5. The zero-order chi connectivity index (χ0) is 13.4. The minimum Gasteiger partial charge on any atom is -0.295 e. The molecule has 3 rings (SSSR count). The lowest BCUT2D eigenvalue weighted by atomic mass is 10.2. The van der Waals surface area contributed by atoms with Crippen molar-refractivity contribution >= 4 is 34.2 Å². The molecule has 0 aliphatic carbocycles. The van der Waals surface area contributed by atoms with Crippen LogP contribution in [0.4, 0.5) is 0 Å². The fraction of sp³-hybridized carbons (Fsp3) is 0.133. The van der Waals surface area contributed by atoms with Crippen LogP contribution in [0, 0.1) is 0 Å². The number of alkyl halides is 1. The Morgan fingerprint density at radius 1 is 1.05 bits per heavy atom. The molecule has 0 N–H and O–H groups in total. The van der Waals surface area contributed by atoms with Crippen LogP contribution >= 0.6 is 23.2 Å². The van der Waals surface area contributed by atoms with Crippen LogP contribution in [-0.2, 0) is 0 Å². The lowest BCUT2D eigenvalue weighted by Gasteiger charge is -2.10. The molecule has 0 spiro atoms. The Balaban J connectivity index is 2.38. The van der Waals surface area contributed by atoms with Crippen LogP contribution in [0.3, 0.4) is 0 Å². The van der Waals surface area contributed by atoms with E-state index >= 15 is 0 Å². The molecule has 0 aliphatic rings. The maximum atomic E-state index is 6.26. The molecule has 2 nitrogen and oxygen atoms in total. The maximum Gasteiger partial charge on any atom is 0.132 e. The largest absolute Gasteiger partial charge is 0.295 e. The van der Waals surface area contributed by atoms with Crippen LogP contribution in [0.15, 0.2) is 48.5 Å². The molecule has 0 fully saturated rings. The fourth-order valence-corrected chi connectivity index (χ4v) is 2.56. The molecule has 2 aromatic carbocycles. The van der Waals surface area contributed by atoms with E-state index in [4.69, 9.17) is 23.2 Å². The minimum atomic E-state index is -0.191. The monoisotopic (exact) mass is 290 g/mol. The van der Waals surface area contributed by atoms with E-state index in [1.807, 2.05) is 55.5 Å². The van der Waals surface area contributed by atoms with Crippen molar-refractivity contribution < 1.29 is 0 Å². The molecule has 0 bridgehead atoms. The van der Waals surface area contributed by atoms with Gasteiger partial charge in [-0.15, -0.1) is 11.6 Å². The Morgan fingerprint density at radius 3 is 2.47 bits per heavy atom. The third-order valence-corrected chi connectivity index (χ3v) is 3.53. The molecule has 0 aliphatic heterocycles. The summed E-state index contributed by atoms with van der Waals surface area (Å²) in [6, 6.07) is 15.8. The Morgan fingerprint density at radius 2 is 1.79 bits per heavy atom. The van der Waals surface area contributed by atoms with Gasteiger partial charge in [0.25, 0.3) is 0 Å². The number of hydrogen-bond donors (Lipinski definition) is 0. The summed E-state index contributed by atoms with van der Waals surface area (Å²) in [7, 11) is 0. The predicted molar refractivity (Wildman–Crippen MR) is 80.3 cm³/mol. The van der Waals surface area contributed by atoms with Crippen LogP contribution < -0.4 is 0 Å². The summed E-state index contributed by atoms with van der Waals surface area (Å²) in [6.07, 6.45) is 0. The van der Waals surface area contributed by atoms with E-state index in [1.165, 1.54) is 0 Å². The average Bonchev–Trinajstić information content (AvgIpc) is 2.81. The van der Waals surface area contributed by atoms with E-state index in [-0.39, 0.29) is 5.38 Å². The Kier molecular flexibility index (Phi) is 3.21. The first-order valence-electron chi connectivity index (χ1n) is 6.05. The molecule has 96 valence electrons. The summed E-state index contributed by atoms with van der Waals surface area (Å²) in [4.78, 5) is 4.59. The minimum absolute atomic E-state index is 0.191. The number of nitrogens with zero attached hydrogens (tertiary/aromatic N) is 2. The van der Waals surface area contributed by atoms with Gasteiger partial charge in [-0.3, -0.25) is 4.57 Å². The first-order valence-corrected chi connectivity index (χ1v) is 6.86. The SMILES string of the molecule is CC(Cl)c1nc2c(Cl)cccc2n1-c1ccccc1. The number of aromatic nitrogens is 2. The highest BCUT2D eigenvalue weighted by Gasteiger charge is 2.17. The smallest absolute Gasteiger partial charge is 0.132 e. The van der Waals surface area contributed by atoms with Gasteiger partial charge in [-0.25, -0.2) is 4.98 Å². The molecule has 1 unspecified atom stereocenters. The maximum absolute atomic E-state index is 6.26. The zero-order valence-corrected chi connectivity index (χ0v) is 11.9. The molecule has 19 heavy (non-hydrogen) atoms. The van der Waals surface area contributed by atoms with Crippen molar-refractivity contribution in [2.45, 2.75) is 12.3 Å². The molecular weight excluding hydrogens is 279 g/mol. The molecular formula is C15H12Cl2N2. The summed E-state index contributed by atoms with van der Waals surface area (Å²) in [5.74, 6) is 0.802. The summed E-state index contributed by atoms with van der Waals surface area (Å²) >= 11 is 12.5. The van der Waals surface area contributed by atoms with Gasteiger partial charge in [0.2, 0.25) is 0 Å². The number of benzene rings is 2. The summed E-state index contributed by atoms with van der Waals surface area (Å²) in [5.41, 5.74) is 2.80. The third-order valence-electron chi connectivity index (χ3n) is 3.03. The summed E-state index contributed by atoms with van der Waals surface area (Å²) in [6.45, 7) is 1.91. The van der Waals surface area contributed by atoms with Gasteiger partial charge < -0.3 is 0 Å². The van der Waals surface area contributed by atoms with Gasteiger partial charge in [0.1, 0.15) is 11.3 Å². The van der Waals surface area contributed by atoms with Gasteiger partial charge in [-0.2, -0.15) is 0 Å². The summed E-state index contributed by atoms with van der Waals surface area (Å²) in [5, 5.41) is 0.453. The molecule has 0 saturated heterocycles. The van der Waals surface area contributed by atoms with E-state index in [9.17, 15) is 0 Å². The van der Waals surface area contributed by atoms with Gasteiger partial charge in [0.15, 0.2) is 0 Å². The van der Waals surface area contributed by atoms with Crippen molar-refractivity contribution in [1.82, 2.24) is 9.55 Å². The number of rotatable bonds is 2. The normalized spacial score (nSPS) is 12.8. The lowest BCUT2D eigenvalue weighted by Crippen LogP contribution is -2.01. The first-order chi connectivity index (χ1) is 9.18. The quantitative estimate of drug-likeness (QED) is 0.609. The van der Waals surface area contributed by atoms with E-state index in [0.717, 1.165) is 22.5 Å². The van der Waals surface area contributed by atoms with Crippen LogP contribution in [0.1, 0.15) is 18.1 Å². The fourth-order valence-electron chi connectivity index (χ4n) is 2.20. The highest BCUT2D eigenvalue weighted by Crippen LogP contribution is 2.31. The number of imidazole rings is 1. The lowest BCUT2D eigenvalue weighted by molar-refractivity contribution is 0.882. The standard InChI is InChI=1S/C15H12Cl2N2/c1-10(16)15-18-14-12(17)8-5-9-13(14)19(15)11-6-3-2-4-7-11/h2-10H,1H3. The van der Waals surface area contributed by atoms with Crippen molar-refractivity contribution in [1.29, 1.82) is 0 Å². The number of hydrogen-bond acceptors (Lipinski definition) is 1. The van der Waals surface area contributed by atoms with Gasteiger partial charge >= 0.3 is 0 Å². The topological polar surface area (TPSA) is 17.8 Å². The van der Waals surface area contributed by atoms with E-state index in [1.54, 1.807) is 0 Å². The van der Waals surface area contributed by atoms with Gasteiger partial charge in [-0.1, -0.05) is 35.9 Å². The molecule has 3 aromatic rings. The van der Waals surface area contributed by atoms with Crippen molar-refractivity contribution in [3.8, 4) is 5.69 Å².